The van der Waals surface area contributed by atoms with Gasteiger partial charge in [-0.3, -0.25) is 9.69 Å². The summed E-state index contributed by atoms with van der Waals surface area (Å²) in [5.41, 5.74) is 8.55. The normalized spacial score (nSPS) is 22.1. The summed E-state index contributed by atoms with van der Waals surface area (Å²) in [4.78, 5) is 31.3. The lowest BCUT2D eigenvalue weighted by Crippen LogP contribution is -2.51. The van der Waals surface area contributed by atoms with Crippen molar-refractivity contribution in [3.8, 4) is 0 Å². The molecular weight excluding hydrogens is 404 g/mol. The summed E-state index contributed by atoms with van der Waals surface area (Å²) >= 11 is 0. The summed E-state index contributed by atoms with van der Waals surface area (Å²) in [5, 5.41) is 0. The van der Waals surface area contributed by atoms with Crippen LogP contribution < -0.4 is 5.73 Å². The molecule has 175 valence electrons. The molecule has 3 aliphatic rings. The topological polar surface area (TPSA) is 79.1 Å². The molecule has 3 amide bonds. The highest BCUT2D eigenvalue weighted by molar-refractivity contribution is 5.94. The predicted octanol–water partition coefficient (Wildman–Crippen LogP) is 2.32. The van der Waals surface area contributed by atoms with Crippen LogP contribution in [0.4, 0.5) is 4.79 Å². The minimum atomic E-state index is -0.373. The Kier molecular flexibility index (Phi) is 7.68. The number of hydrogen-bond acceptors (Lipinski definition) is 4. The van der Waals surface area contributed by atoms with Gasteiger partial charge in [0.15, 0.2) is 0 Å². The zero-order valence-electron chi connectivity index (χ0n) is 19.4. The summed E-state index contributed by atoms with van der Waals surface area (Å²) in [5.74, 6) is 0.233. The number of primary amides is 1. The lowest BCUT2D eigenvalue weighted by atomic mass is 9.83. The number of morpholine rings is 1. The molecule has 7 nitrogen and oxygen atoms in total. The number of amides is 3. The molecule has 2 heterocycles. The number of rotatable bonds is 6. The van der Waals surface area contributed by atoms with Crippen molar-refractivity contribution in [3.63, 3.8) is 0 Å². The van der Waals surface area contributed by atoms with Crippen LogP contribution in [0.5, 0.6) is 0 Å². The summed E-state index contributed by atoms with van der Waals surface area (Å²) in [7, 11) is 0. The van der Waals surface area contributed by atoms with Gasteiger partial charge in [0.1, 0.15) is 0 Å². The van der Waals surface area contributed by atoms with Gasteiger partial charge in [0.05, 0.1) is 18.8 Å². The maximum Gasteiger partial charge on any atom is 0.320 e. The Morgan fingerprint density at radius 3 is 2.56 bits per heavy atom. The largest absolute Gasteiger partial charge is 0.378 e. The van der Waals surface area contributed by atoms with Crippen molar-refractivity contribution in [2.24, 2.45) is 11.7 Å². The zero-order valence-corrected chi connectivity index (χ0v) is 19.4. The van der Waals surface area contributed by atoms with Gasteiger partial charge in [-0.25, -0.2) is 4.79 Å². The molecule has 1 radical (unpaired) electrons. The summed E-state index contributed by atoms with van der Waals surface area (Å²) in [6.45, 7) is 8.75. The number of likely N-dealkylation sites (tertiary alicyclic amines) is 1. The summed E-state index contributed by atoms with van der Waals surface area (Å²) in [6, 6.07) is 7.60. The number of piperidine rings is 1. The lowest BCUT2D eigenvalue weighted by molar-refractivity contribution is 0.0383. The van der Waals surface area contributed by atoms with Crippen molar-refractivity contribution in [1.29, 1.82) is 0 Å². The van der Waals surface area contributed by atoms with Crippen molar-refractivity contribution in [1.82, 2.24) is 14.7 Å². The van der Waals surface area contributed by atoms with Crippen LogP contribution in [0.2, 0.25) is 0 Å². The van der Waals surface area contributed by atoms with Gasteiger partial charge in [0, 0.05) is 38.8 Å². The van der Waals surface area contributed by atoms with E-state index in [-0.39, 0.29) is 11.9 Å². The first-order chi connectivity index (χ1) is 15.6. The fraction of sp³-hybridized carbons (Fsp3) is 0.680. The van der Waals surface area contributed by atoms with Gasteiger partial charge in [-0.05, 0) is 68.2 Å². The molecule has 4 rings (SSSR count). The number of hydrogen-bond donors (Lipinski definition) is 1. The van der Waals surface area contributed by atoms with Gasteiger partial charge in [0.2, 0.25) is 5.91 Å². The Morgan fingerprint density at radius 2 is 1.88 bits per heavy atom. The van der Waals surface area contributed by atoms with E-state index in [1.54, 1.807) is 0 Å². The van der Waals surface area contributed by atoms with E-state index in [2.05, 4.69) is 24.0 Å². The van der Waals surface area contributed by atoms with Crippen LogP contribution in [-0.2, 0) is 17.6 Å². The number of carbonyl (C=O) groups excluding carboxylic acids is 2. The number of ether oxygens (including phenoxy) is 1. The third-order valence-electron chi connectivity index (χ3n) is 7.32. The zero-order chi connectivity index (χ0) is 22.5. The monoisotopic (exact) mass is 441 g/mol. The van der Waals surface area contributed by atoms with Crippen molar-refractivity contribution in [2.75, 3.05) is 52.5 Å². The van der Waals surface area contributed by atoms with Crippen molar-refractivity contribution >= 4 is 11.9 Å². The Labute approximate surface area is 191 Å². The highest BCUT2D eigenvalue weighted by Crippen LogP contribution is 2.29. The molecule has 2 saturated heterocycles. The van der Waals surface area contributed by atoms with E-state index in [9.17, 15) is 9.59 Å². The van der Waals surface area contributed by atoms with E-state index < -0.39 is 0 Å². The molecule has 1 aromatic carbocycles. The molecule has 0 spiro atoms. The highest BCUT2D eigenvalue weighted by atomic mass is 16.5. The summed E-state index contributed by atoms with van der Waals surface area (Å²) < 4.78 is 5.38. The first-order valence-corrected chi connectivity index (χ1v) is 12.2. The van der Waals surface area contributed by atoms with Gasteiger partial charge >= 0.3 is 6.03 Å². The number of carbonyl (C=O) groups is 2. The Hall–Kier alpha value is -2.12. The van der Waals surface area contributed by atoms with Gasteiger partial charge in [-0.2, -0.15) is 0 Å². The Morgan fingerprint density at radius 1 is 1.16 bits per heavy atom. The molecule has 0 aromatic heterocycles. The van der Waals surface area contributed by atoms with Gasteiger partial charge in [-0.15, -0.1) is 0 Å². The van der Waals surface area contributed by atoms with E-state index in [0.29, 0.717) is 43.8 Å². The van der Waals surface area contributed by atoms with E-state index >= 15 is 0 Å². The van der Waals surface area contributed by atoms with E-state index in [4.69, 9.17) is 10.5 Å². The first-order valence-electron chi connectivity index (χ1n) is 12.2. The van der Waals surface area contributed by atoms with Crippen LogP contribution in [0.15, 0.2) is 12.1 Å². The molecule has 2 aliphatic heterocycles. The number of aryl methyl sites for hydroxylation is 1. The summed E-state index contributed by atoms with van der Waals surface area (Å²) in [6.07, 6.45) is 6.20. The average molecular weight is 442 g/mol. The predicted molar refractivity (Wildman–Crippen MR) is 124 cm³/mol. The highest BCUT2D eigenvalue weighted by Gasteiger charge is 2.31. The molecule has 1 aromatic rings. The fourth-order valence-electron chi connectivity index (χ4n) is 5.54. The SMILES string of the molecule is CCCN(CC1CCN(C(=O)N2CCOCC2)CC1)C1CCc2cc[c]c(C(N)=O)c2C1. The number of nitrogens with two attached hydrogens (primary N) is 1. The number of urea groups is 1. The quantitative estimate of drug-likeness (QED) is 0.735. The van der Waals surface area contributed by atoms with Crippen LogP contribution in [-0.4, -0.2) is 85.2 Å². The van der Waals surface area contributed by atoms with Crippen LogP contribution in [0, 0.1) is 12.0 Å². The molecule has 0 bridgehead atoms. The minimum Gasteiger partial charge on any atom is -0.378 e. The van der Waals surface area contributed by atoms with Crippen LogP contribution >= 0.6 is 0 Å². The minimum absolute atomic E-state index is 0.177. The maximum atomic E-state index is 12.8. The molecule has 0 saturated carbocycles. The second-order valence-corrected chi connectivity index (χ2v) is 9.42. The maximum absolute atomic E-state index is 12.8. The number of nitrogens with zero attached hydrogens (tertiary/aromatic N) is 3. The molecular formula is C25H37N4O3. The van der Waals surface area contributed by atoms with E-state index in [1.165, 1.54) is 5.56 Å². The smallest absolute Gasteiger partial charge is 0.320 e. The van der Waals surface area contributed by atoms with Gasteiger partial charge in [-0.1, -0.05) is 19.1 Å². The van der Waals surface area contributed by atoms with Crippen molar-refractivity contribution in [3.05, 3.63) is 34.9 Å². The molecule has 1 atom stereocenters. The third-order valence-corrected chi connectivity index (χ3v) is 7.32. The van der Waals surface area contributed by atoms with Crippen LogP contribution in [0.3, 0.4) is 0 Å². The second kappa shape index (κ2) is 10.7. The first kappa shape index (κ1) is 23.1. The Balaban J connectivity index is 1.34. The number of fused-ring (bicyclic) bond motifs is 1. The van der Waals surface area contributed by atoms with E-state index in [1.807, 2.05) is 15.9 Å². The van der Waals surface area contributed by atoms with Crippen molar-refractivity contribution < 1.29 is 14.3 Å². The van der Waals surface area contributed by atoms with Crippen LogP contribution in [0.1, 0.15) is 54.1 Å². The molecule has 1 aliphatic carbocycles. The average Bonchev–Trinajstić information content (AvgIpc) is 2.83. The van der Waals surface area contributed by atoms with Gasteiger partial charge in [0.25, 0.3) is 0 Å². The second-order valence-electron chi connectivity index (χ2n) is 9.42. The fourth-order valence-corrected chi connectivity index (χ4v) is 5.54. The lowest BCUT2D eigenvalue weighted by Gasteiger charge is -2.41. The standard InChI is InChI=1S/C25H37N4O3/c1-2-10-29(21-7-6-20-4-3-5-22(24(26)30)23(20)17-21)18-19-8-11-27(12-9-19)25(31)28-13-15-32-16-14-28/h3-4,19,21H,2,6-18H2,1H3,(H2,26,30). The molecule has 1 unspecified atom stereocenters. The van der Waals surface area contributed by atoms with Gasteiger partial charge < -0.3 is 20.3 Å². The molecule has 2 N–H and O–H groups in total. The third kappa shape index (κ3) is 5.26. The molecule has 32 heavy (non-hydrogen) atoms. The number of benzene rings is 1. The molecule has 7 heteroatoms. The van der Waals surface area contributed by atoms with E-state index in [0.717, 1.165) is 70.3 Å². The van der Waals surface area contributed by atoms with Crippen molar-refractivity contribution in [2.45, 2.75) is 51.5 Å². The van der Waals surface area contributed by atoms with Crippen LogP contribution in [0.25, 0.3) is 0 Å². The Bertz CT molecular complexity index is 800. The molecule has 2 fully saturated rings.